The first-order valence-corrected chi connectivity index (χ1v) is 4.93. The van der Waals surface area contributed by atoms with E-state index in [1.165, 1.54) is 0 Å². The first kappa shape index (κ1) is 9.19. The molecule has 0 bridgehead atoms. The Morgan fingerprint density at radius 2 is 2.29 bits per heavy atom. The smallest absolute Gasteiger partial charge is 0.224 e. The summed E-state index contributed by atoms with van der Waals surface area (Å²) in [4.78, 5) is 15.5. The molecule has 2 N–H and O–H groups in total. The number of hydrogen-bond donors (Lipinski definition) is 1. The number of nitrogens with zero attached hydrogens (tertiary/aromatic N) is 1. The lowest BCUT2D eigenvalue weighted by atomic mass is 9.65. The summed E-state index contributed by atoms with van der Waals surface area (Å²) < 4.78 is 0. The predicted octanol–water partition coefficient (Wildman–Crippen LogP) is 1.28. The first-order valence-electron chi connectivity index (χ1n) is 4.93. The minimum absolute atomic E-state index is 0.172. The number of aromatic nitrogens is 1. The van der Waals surface area contributed by atoms with Crippen molar-refractivity contribution in [2.24, 2.45) is 11.1 Å². The van der Waals surface area contributed by atoms with Crippen molar-refractivity contribution < 1.29 is 4.79 Å². The summed E-state index contributed by atoms with van der Waals surface area (Å²) in [7, 11) is 0. The Balaban J connectivity index is 2.13. The van der Waals surface area contributed by atoms with Gasteiger partial charge in [0.2, 0.25) is 5.91 Å². The van der Waals surface area contributed by atoms with Crippen LogP contribution < -0.4 is 5.73 Å². The number of rotatable bonds is 3. The van der Waals surface area contributed by atoms with Crippen LogP contribution in [0.5, 0.6) is 0 Å². The number of carbonyl (C=O) groups is 1. The Morgan fingerprint density at radius 1 is 1.50 bits per heavy atom. The first-order chi connectivity index (χ1) is 6.73. The molecule has 74 valence electrons. The summed E-state index contributed by atoms with van der Waals surface area (Å²) in [6.07, 6.45) is 5.39. The summed E-state index contributed by atoms with van der Waals surface area (Å²) in [5.41, 5.74) is 6.08. The molecule has 1 amide bonds. The summed E-state index contributed by atoms with van der Waals surface area (Å²) in [5.74, 6) is -0.172. The van der Waals surface area contributed by atoms with Crippen molar-refractivity contribution >= 4 is 5.91 Å². The summed E-state index contributed by atoms with van der Waals surface area (Å²) in [6.45, 7) is 0. The second kappa shape index (κ2) is 3.40. The van der Waals surface area contributed by atoms with E-state index >= 15 is 0 Å². The third-order valence-electron chi connectivity index (χ3n) is 3.08. The van der Waals surface area contributed by atoms with Gasteiger partial charge in [-0.3, -0.25) is 9.78 Å². The topological polar surface area (TPSA) is 56.0 Å². The lowest BCUT2D eigenvalue weighted by molar-refractivity contribution is -0.132. The lowest BCUT2D eigenvalue weighted by Crippen LogP contribution is -2.44. The van der Waals surface area contributed by atoms with Gasteiger partial charge >= 0.3 is 0 Å². The van der Waals surface area contributed by atoms with Crippen molar-refractivity contribution in [2.45, 2.75) is 25.7 Å². The van der Waals surface area contributed by atoms with Crippen LogP contribution in [0.3, 0.4) is 0 Å². The van der Waals surface area contributed by atoms with Crippen LogP contribution in [-0.2, 0) is 11.2 Å². The summed E-state index contributed by atoms with van der Waals surface area (Å²) >= 11 is 0. The zero-order valence-electron chi connectivity index (χ0n) is 8.07. The maximum atomic E-state index is 11.3. The van der Waals surface area contributed by atoms with Gasteiger partial charge in [-0.25, -0.2) is 0 Å². The average molecular weight is 190 g/mol. The fourth-order valence-electron chi connectivity index (χ4n) is 1.96. The van der Waals surface area contributed by atoms with Crippen molar-refractivity contribution in [3.63, 3.8) is 0 Å². The molecule has 3 nitrogen and oxygen atoms in total. The largest absolute Gasteiger partial charge is 0.369 e. The zero-order valence-corrected chi connectivity index (χ0v) is 8.07. The van der Waals surface area contributed by atoms with Gasteiger partial charge in [0.05, 0.1) is 5.41 Å². The standard InChI is InChI=1S/C11H14N2O/c12-10(14)11(5-3-6-11)8-9-4-1-2-7-13-9/h1-2,4,7H,3,5-6,8H2,(H2,12,14). The highest BCUT2D eigenvalue weighted by Crippen LogP contribution is 2.42. The maximum absolute atomic E-state index is 11.3. The van der Waals surface area contributed by atoms with Gasteiger partial charge in [-0.05, 0) is 25.0 Å². The molecule has 2 rings (SSSR count). The molecule has 0 unspecified atom stereocenters. The molecule has 0 radical (unpaired) electrons. The molecule has 0 saturated heterocycles. The molecule has 0 aliphatic heterocycles. The van der Waals surface area contributed by atoms with Gasteiger partial charge in [-0.15, -0.1) is 0 Å². The van der Waals surface area contributed by atoms with Crippen LogP contribution in [0.2, 0.25) is 0 Å². The van der Waals surface area contributed by atoms with Crippen molar-refractivity contribution in [1.29, 1.82) is 0 Å². The predicted molar refractivity (Wildman–Crippen MR) is 53.4 cm³/mol. The van der Waals surface area contributed by atoms with Gasteiger partial charge in [0.25, 0.3) is 0 Å². The maximum Gasteiger partial charge on any atom is 0.224 e. The molecule has 1 aliphatic rings. The number of nitrogens with two attached hydrogens (primary N) is 1. The van der Waals surface area contributed by atoms with Crippen molar-refractivity contribution in [3.05, 3.63) is 30.1 Å². The Kier molecular flexibility index (Phi) is 2.23. The van der Waals surface area contributed by atoms with Crippen LogP contribution in [0.25, 0.3) is 0 Å². The van der Waals surface area contributed by atoms with E-state index in [9.17, 15) is 4.79 Å². The van der Waals surface area contributed by atoms with Crippen LogP contribution in [-0.4, -0.2) is 10.9 Å². The lowest BCUT2D eigenvalue weighted by Gasteiger charge is -2.38. The van der Waals surface area contributed by atoms with Crippen LogP contribution in [0.15, 0.2) is 24.4 Å². The van der Waals surface area contributed by atoms with Crippen LogP contribution in [0.4, 0.5) is 0 Å². The average Bonchev–Trinajstić information content (AvgIpc) is 2.12. The van der Waals surface area contributed by atoms with Gasteiger partial charge in [0.15, 0.2) is 0 Å². The molecule has 1 aliphatic carbocycles. The highest BCUT2D eigenvalue weighted by Gasteiger charge is 2.42. The Morgan fingerprint density at radius 3 is 2.71 bits per heavy atom. The molecular formula is C11H14N2O. The third kappa shape index (κ3) is 1.50. The zero-order chi connectivity index (χ0) is 10.0. The Bertz CT molecular complexity index is 330. The van der Waals surface area contributed by atoms with Gasteiger partial charge < -0.3 is 5.73 Å². The van der Waals surface area contributed by atoms with E-state index in [2.05, 4.69) is 4.98 Å². The molecule has 1 aromatic heterocycles. The SMILES string of the molecule is NC(=O)C1(Cc2ccccn2)CCC1. The third-order valence-corrected chi connectivity index (χ3v) is 3.08. The minimum atomic E-state index is -0.297. The molecule has 1 saturated carbocycles. The molecule has 1 fully saturated rings. The Hall–Kier alpha value is -1.38. The Labute approximate surface area is 83.3 Å². The summed E-state index contributed by atoms with van der Waals surface area (Å²) in [5, 5.41) is 0. The molecule has 0 spiro atoms. The minimum Gasteiger partial charge on any atom is -0.369 e. The van der Waals surface area contributed by atoms with E-state index in [1.807, 2.05) is 18.2 Å². The van der Waals surface area contributed by atoms with Crippen molar-refractivity contribution in [3.8, 4) is 0 Å². The van der Waals surface area contributed by atoms with E-state index in [0.29, 0.717) is 6.42 Å². The van der Waals surface area contributed by atoms with E-state index < -0.39 is 0 Å². The summed E-state index contributed by atoms with van der Waals surface area (Å²) in [6, 6.07) is 5.76. The van der Waals surface area contributed by atoms with Crippen LogP contribution in [0, 0.1) is 5.41 Å². The van der Waals surface area contributed by atoms with Gasteiger partial charge in [-0.1, -0.05) is 12.5 Å². The monoisotopic (exact) mass is 190 g/mol. The van der Waals surface area contributed by atoms with Gasteiger partial charge in [-0.2, -0.15) is 0 Å². The van der Waals surface area contributed by atoms with Crippen LogP contribution >= 0.6 is 0 Å². The molecular weight excluding hydrogens is 176 g/mol. The number of carbonyl (C=O) groups excluding carboxylic acids is 1. The van der Waals surface area contributed by atoms with E-state index in [1.54, 1.807) is 6.20 Å². The quantitative estimate of drug-likeness (QED) is 0.780. The molecule has 1 aromatic rings. The molecule has 0 aromatic carbocycles. The normalized spacial score (nSPS) is 18.6. The number of primary amides is 1. The second-order valence-electron chi connectivity index (χ2n) is 4.00. The molecule has 0 atom stereocenters. The van der Waals surface area contributed by atoms with Gasteiger partial charge in [0, 0.05) is 18.3 Å². The fraction of sp³-hybridized carbons (Fsp3) is 0.455. The molecule has 14 heavy (non-hydrogen) atoms. The molecule has 3 heteroatoms. The number of pyridine rings is 1. The highest BCUT2D eigenvalue weighted by molar-refractivity contribution is 5.82. The van der Waals surface area contributed by atoms with Crippen molar-refractivity contribution in [1.82, 2.24) is 4.98 Å². The number of amides is 1. The van der Waals surface area contributed by atoms with E-state index in [-0.39, 0.29) is 11.3 Å². The highest BCUT2D eigenvalue weighted by atomic mass is 16.1. The van der Waals surface area contributed by atoms with Crippen LogP contribution in [0.1, 0.15) is 25.0 Å². The van der Waals surface area contributed by atoms with Gasteiger partial charge in [0.1, 0.15) is 0 Å². The van der Waals surface area contributed by atoms with Crippen molar-refractivity contribution in [2.75, 3.05) is 0 Å². The molecule has 1 heterocycles. The van der Waals surface area contributed by atoms with E-state index in [0.717, 1.165) is 25.0 Å². The number of hydrogen-bond acceptors (Lipinski definition) is 2. The fourth-order valence-corrected chi connectivity index (χ4v) is 1.96. The van der Waals surface area contributed by atoms with E-state index in [4.69, 9.17) is 5.73 Å². The second-order valence-corrected chi connectivity index (χ2v) is 4.00.